The number of nitrogens with one attached hydrogen (secondary N) is 2. The van der Waals surface area contributed by atoms with Crippen LogP contribution in [0.4, 0.5) is 10.6 Å². The Morgan fingerprint density at radius 1 is 1.08 bits per heavy atom. The Bertz CT molecular complexity index is 1340. The Labute approximate surface area is 228 Å². The molecule has 1 aliphatic rings. The maximum absolute atomic E-state index is 13.0. The molecule has 0 unspecified atom stereocenters. The molecule has 39 heavy (non-hydrogen) atoms. The van der Waals surface area contributed by atoms with Crippen LogP contribution < -0.4 is 16.4 Å². The molecule has 1 aromatic heterocycles. The van der Waals surface area contributed by atoms with Crippen LogP contribution in [-0.4, -0.2) is 64.1 Å². The van der Waals surface area contributed by atoms with Crippen LogP contribution in [-0.2, 0) is 11.2 Å². The molecule has 2 heterocycles. The van der Waals surface area contributed by atoms with Crippen molar-refractivity contribution in [3.63, 3.8) is 0 Å². The molecule has 1 fully saturated rings. The molecule has 204 valence electrons. The molecule has 2 aromatic carbocycles. The third-order valence-corrected chi connectivity index (χ3v) is 6.15. The summed E-state index contributed by atoms with van der Waals surface area (Å²) in [6, 6.07) is 16.6. The zero-order chi connectivity index (χ0) is 28.0. The van der Waals surface area contributed by atoms with Crippen molar-refractivity contribution in [3.05, 3.63) is 77.6 Å². The Balaban J connectivity index is 1.39. The average Bonchev–Trinajstić information content (AvgIpc) is 3.37. The number of nitrogen functional groups attached to an aromatic ring is 1. The summed E-state index contributed by atoms with van der Waals surface area (Å²) in [6.07, 6.45) is 2.37. The quantitative estimate of drug-likeness (QED) is 0.425. The number of hydrogen-bond donors (Lipinski definition) is 3. The fraction of sp³-hybridized carbons (Fsp3) is 0.345. The second-order valence-electron chi connectivity index (χ2n) is 10.4. The molecule has 4 rings (SSSR count). The average molecular weight is 531 g/mol. The minimum atomic E-state index is -0.594. The van der Waals surface area contributed by atoms with Crippen LogP contribution in [0.3, 0.4) is 0 Å². The van der Waals surface area contributed by atoms with E-state index in [2.05, 4.69) is 20.6 Å². The third kappa shape index (κ3) is 7.53. The number of likely N-dealkylation sites (tertiary alicyclic amines) is 1. The molecule has 0 saturated carbocycles. The van der Waals surface area contributed by atoms with Gasteiger partial charge in [-0.15, -0.1) is 0 Å². The minimum Gasteiger partial charge on any atom is -0.444 e. The second kappa shape index (κ2) is 11.9. The number of amides is 3. The number of benzene rings is 2. The molecular formula is C29H34N6O4. The first-order valence-electron chi connectivity index (χ1n) is 12.9. The van der Waals surface area contributed by atoms with Crippen LogP contribution in [0.15, 0.2) is 60.8 Å². The van der Waals surface area contributed by atoms with Gasteiger partial charge in [0.05, 0.1) is 11.9 Å². The van der Waals surface area contributed by atoms with Crippen LogP contribution >= 0.6 is 0 Å². The summed E-state index contributed by atoms with van der Waals surface area (Å²) in [5.74, 6) is -0.689. The van der Waals surface area contributed by atoms with E-state index in [9.17, 15) is 14.4 Å². The lowest BCUT2D eigenvalue weighted by atomic mass is 10.1. The molecule has 4 N–H and O–H groups in total. The van der Waals surface area contributed by atoms with E-state index in [4.69, 9.17) is 10.5 Å². The van der Waals surface area contributed by atoms with Gasteiger partial charge in [-0.1, -0.05) is 42.5 Å². The molecule has 1 saturated heterocycles. The van der Waals surface area contributed by atoms with Crippen LogP contribution in [0.25, 0.3) is 11.3 Å². The van der Waals surface area contributed by atoms with Gasteiger partial charge in [-0.05, 0) is 51.3 Å². The zero-order valence-corrected chi connectivity index (χ0v) is 22.4. The van der Waals surface area contributed by atoms with Crippen molar-refractivity contribution >= 4 is 23.7 Å². The first kappa shape index (κ1) is 27.6. The Morgan fingerprint density at radius 3 is 2.59 bits per heavy atom. The third-order valence-electron chi connectivity index (χ3n) is 6.15. The first-order chi connectivity index (χ1) is 18.6. The molecule has 3 amide bonds. The predicted octanol–water partition coefficient (Wildman–Crippen LogP) is 3.44. The number of anilines is 1. The summed E-state index contributed by atoms with van der Waals surface area (Å²) in [5, 5.41) is 5.83. The van der Waals surface area contributed by atoms with Gasteiger partial charge in [0.1, 0.15) is 5.60 Å². The summed E-state index contributed by atoms with van der Waals surface area (Å²) in [6.45, 7) is 6.73. The van der Waals surface area contributed by atoms with Gasteiger partial charge in [0.25, 0.3) is 11.8 Å². The number of nitrogens with two attached hydrogens (primary N) is 1. The van der Waals surface area contributed by atoms with Gasteiger partial charge in [0.15, 0.2) is 11.5 Å². The van der Waals surface area contributed by atoms with Gasteiger partial charge in [0.2, 0.25) is 0 Å². The second-order valence-corrected chi connectivity index (χ2v) is 10.4. The van der Waals surface area contributed by atoms with Crippen molar-refractivity contribution in [2.24, 2.45) is 0 Å². The monoisotopic (exact) mass is 530 g/mol. The summed E-state index contributed by atoms with van der Waals surface area (Å²) >= 11 is 0. The molecule has 1 atom stereocenters. The standard InChI is InChI=1S/C29H34N6O4/c1-29(2,3)39-28(38)35-15-13-22(18-35)33-27(37)24-25(30)32-17-23(34-24)20-10-7-11-21(16-20)26(36)31-14-12-19-8-5-4-6-9-19/h4-11,16-17,22H,12-15,18H2,1-3H3,(H2,30,32)(H,31,36)(H,33,37)/t22-/m0/s1. The lowest BCUT2D eigenvalue weighted by Crippen LogP contribution is -2.40. The van der Waals surface area contributed by atoms with Crippen molar-refractivity contribution in [2.45, 2.75) is 45.3 Å². The molecule has 1 aliphatic heterocycles. The number of ether oxygens (including phenoxy) is 1. The zero-order valence-electron chi connectivity index (χ0n) is 22.4. The molecule has 10 heteroatoms. The van der Waals surface area contributed by atoms with E-state index in [1.54, 1.807) is 29.2 Å². The highest BCUT2D eigenvalue weighted by Crippen LogP contribution is 2.21. The van der Waals surface area contributed by atoms with E-state index in [0.29, 0.717) is 42.9 Å². The number of carbonyl (C=O) groups is 3. The molecule has 0 bridgehead atoms. The van der Waals surface area contributed by atoms with E-state index in [1.807, 2.05) is 51.1 Å². The maximum atomic E-state index is 13.0. The number of aromatic nitrogens is 2. The van der Waals surface area contributed by atoms with E-state index in [0.717, 1.165) is 12.0 Å². The lowest BCUT2D eigenvalue weighted by Gasteiger charge is -2.24. The Hall–Kier alpha value is -4.47. The highest BCUT2D eigenvalue weighted by Gasteiger charge is 2.31. The van der Waals surface area contributed by atoms with Gasteiger partial charge in [0, 0.05) is 36.8 Å². The lowest BCUT2D eigenvalue weighted by molar-refractivity contribution is 0.0290. The SMILES string of the molecule is CC(C)(C)OC(=O)N1CC[C@H](NC(=O)c2nc(-c3cccc(C(=O)NCCc4ccccc4)c3)cnc2N)C1. The highest BCUT2D eigenvalue weighted by molar-refractivity contribution is 5.97. The van der Waals surface area contributed by atoms with Crippen molar-refractivity contribution < 1.29 is 19.1 Å². The first-order valence-corrected chi connectivity index (χ1v) is 12.9. The van der Waals surface area contributed by atoms with E-state index < -0.39 is 17.6 Å². The highest BCUT2D eigenvalue weighted by atomic mass is 16.6. The smallest absolute Gasteiger partial charge is 0.410 e. The van der Waals surface area contributed by atoms with Crippen LogP contribution in [0.1, 0.15) is 53.6 Å². The van der Waals surface area contributed by atoms with E-state index >= 15 is 0 Å². The molecular weight excluding hydrogens is 496 g/mol. The number of nitrogens with zero attached hydrogens (tertiary/aromatic N) is 3. The summed E-state index contributed by atoms with van der Waals surface area (Å²) in [7, 11) is 0. The molecule has 3 aromatic rings. The molecule has 0 radical (unpaired) electrons. The summed E-state index contributed by atoms with van der Waals surface area (Å²) in [4.78, 5) is 48.3. The Kier molecular flexibility index (Phi) is 8.43. The van der Waals surface area contributed by atoms with Crippen LogP contribution in [0, 0.1) is 0 Å². The van der Waals surface area contributed by atoms with Gasteiger partial charge in [-0.3, -0.25) is 9.59 Å². The van der Waals surface area contributed by atoms with Gasteiger partial charge in [-0.2, -0.15) is 0 Å². The fourth-order valence-corrected chi connectivity index (χ4v) is 4.22. The van der Waals surface area contributed by atoms with E-state index in [-0.39, 0.29) is 23.5 Å². The number of carbonyl (C=O) groups excluding carboxylic acids is 3. The van der Waals surface area contributed by atoms with Crippen molar-refractivity contribution in [1.29, 1.82) is 0 Å². The number of hydrogen-bond acceptors (Lipinski definition) is 7. The molecule has 0 aliphatic carbocycles. The Morgan fingerprint density at radius 2 is 1.85 bits per heavy atom. The van der Waals surface area contributed by atoms with Gasteiger partial charge in [-0.25, -0.2) is 14.8 Å². The fourth-order valence-electron chi connectivity index (χ4n) is 4.22. The van der Waals surface area contributed by atoms with Gasteiger partial charge < -0.3 is 26.0 Å². The van der Waals surface area contributed by atoms with E-state index in [1.165, 1.54) is 6.20 Å². The topological polar surface area (TPSA) is 140 Å². The predicted molar refractivity (Wildman–Crippen MR) is 148 cm³/mol. The summed E-state index contributed by atoms with van der Waals surface area (Å²) < 4.78 is 5.42. The van der Waals surface area contributed by atoms with Crippen LogP contribution in [0.2, 0.25) is 0 Å². The minimum absolute atomic E-state index is 0.00643. The van der Waals surface area contributed by atoms with Crippen LogP contribution in [0.5, 0.6) is 0 Å². The largest absolute Gasteiger partial charge is 0.444 e. The van der Waals surface area contributed by atoms with Gasteiger partial charge >= 0.3 is 6.09 Å². The maximum Gasteiger partial charge on any atom is 0.410 e. The molecule has 10 nitrogen and oxygen atoms in total. The summed E-state index contributed by atoms with van der Waals surface area (Å²) in [5.41, 5.74) is 8.03. The van der Waals surface area contributed by atoms with Crippen molar-refractivity contribution in [1.82, 2.24) is 25.5 Å². The normalized spacial score (nSPS) is 15.1. The molecule has 0 spiro atoms. The van der Waals surface area contributed by atoms with Crippen molar-refractivity contribution in [3.8, 4) is 11.3 Å². The number of rotatable bonds is 7. The van der Waals surface area contributed by atoms with Crippen molar-refractivity contribution in [2.75, 3.05) is 25.4 Å².